The Morgan fingerprint density at radius 1 is 1.29 bits per heavy atom. The molecule has 1 N–H and O–H groups in total. The fourth-order valence-corrected chi connectivity index (χ4v) is 1.86. The normalized spacial score (nSPS) is 9.76. The number of nitrogens with zero attached hydrogens (tertiary/aromatic N) is 1. The molecule has 114 valence electrons. The number of hydrogen-bond donors (Lipinski definition) is 1. The summed E-state index contributed by atoms with van der Waals surface area (Å²) in [6.45, 7) is 5.24. The summed E-state index contributed by atoms with van der Waals surface area (Å²) in [5.41, 5.74) is 0.653. The Kier molecular flexibility index (Phi) is 7.64. The molecule has 0 aromatic heterocycles. The number of nitrogens with one attached hydrogen (secondary N) is 1. The Hall–Kier alpha value is -2.30. The van der Waals surface area contributed by atoms with Crippen molar-refractivity contribution in [1.29, 1.82) is 0 Å². The van der Waals surface area contributed by atoms with Crippen molar-refractivity contribution in [2.24, 2.45) is 0 Å². The van der Waals surface area contributed by atoms with Crippen molar-refractivity contribution in [2.75, 3.05) is 26.7 Å². The van der Waals surface area contributed by atoms with E-state index in [-0.39, 0.29) is 12.0 Å². The average Bonchev–Trinajstić information content (AvgIpc) is 2.53. The van der Waals surface area contributed by atoms with Crippen LogP contribution < -0.4 is 5.32 Å². The van der Waals surface area contributed by atoms with Gasteiger partial charge in [0.2, 0.25) is 0 Å². The quantitative estimate of drug-likeness (QED) is 0.591. The van der Waals surface area contributed by atoms with Crippen LogP contribution in [-0.4, -0.2) is 43.6 Å². The van der Waals surface area contributed by atoms with E-state index >= 15 is 0 Å². The van der Waals surface area contributed by atoms with Gasteiger partial charge in [0.15, 0.2) is 0 Å². The Morgan fingerprint density at radius 3 is 2.62 bits per heavy atom. The number of carbonyl (C=O) groups is 2. The van der Waals surface area contributed by atoms with Gasteiger partial charge in [-0.1, -0.05) is 24.3 Å². The molecule has 0 unspecified atom stereocenters. The number of rotatable bonds is 8. The number of carbonyl (C=O) groups excluding carboxylic acids is 2. The maximum Gasteiger partial charge on any atom is 0.409 e. The fourth-order valence-electron chi connectivity index (χ4n) is 1.86. The number of benzene rings is 1. The van der Waals surface area contributed by atoms with Crippen LogP contribution in [0.25, 0.3) is 0 Å². The third-order valence-electron chi connectivity index (χ3n) is 2.96. The summed E-state index contributed by atoms with van der Waals surface area (Å²) in [7, 11) is 1.36. The zero-order valence-corrected chi connectivity index (χ0v) is 12.4. The Labute approximate surface area is 125 Å². The topological polar surface area (TPSA) is 58.6 Å². The minimum absolute atomic E-state index is 0.0773. The van der Waals surface area contributed by atoms with Crippen molar-refractivity contribution in [3.05, 3.63) is 48.6 Å². The molecule has 0 fully saturated rings. The van der Waals surface area contributed by atoms with Gasteiger partial charge in [0.1, 0.15) is 0 Å². The van der Waals surface area contributed by atoms with Crippen LogP contribution in [0.5, 0.6) is 0 Å². The van der Waals surface area contributed by atoms with Crippen molar-refractivity contribution >= 4 is 12.0 Å². The van der Waals surface area contributed by atoms with Crippen LogP contribution in [0.2, 0.25) is 0 Å². The maximum atomic E-state index is 11.8. The lowest BCUT2D eigenvalue weighted by atomic mass is 10.2. The number of amides is 2. The van der Waals surface area contributed by atoms with Crippen molar-refractivity contribution in [3.63, 3.8) is 0 Å². The molecule has 21 heavy (non-hydrogen) atoms. The molecule has 1 aromatic rings. The maximum absolute atomic E-state index is 11.8. The summed E-state index contributed by atoms with van der Waals surface area (Å²) in [4.78, 5) is 24.8. The van der Waals surface area contributed by atoms with Crippen LogP contribution in [0.3, 0.4) is 0 Å². The molecule has 0 saturated carbocycles. The molecule has 0 aliphatic rings. The van der Waals surface area contributed by atoms with Gasteiger partial charge in [-0.3, -0.25) is 4.79 Å². The number of unbranched alkanes of at least 4 members (excludes halogenated alkanes) is 1. The first-order chi connectivity index (χ1) is 10.2. The molecule has 0 aliphatic carbocycles. The molecular weight excluding hydrogens is 268 g/mol. The van der Waals surface area contributed by atoms with Crippen LogP contribution in [0.15, 0.2) is 43.0 Å². The van der Waals surface area contributed by atoms with Crippen molar-refractivity contribution in [2.45, 2.75) is 12.8 Å². The second kappa shape index (κ2) is 9.58. The average molecular weight is 290 g/mol. The van der Waals surface area contributed by atoms with Crippen LogP contribution in [0.1, 0.15) is 23.2 Å². The highest BCUT2D eigenvalue weighted by Gasteiger charge is 2.11. The molecule has 1 aromatic carbocycles. The standard InChI is InChI=1S/C16H22N2O3/c1-3-12-18(16(20)21-2)13-8-7-11-17-15(19)14-9-5-4-6-10-14/h3-6,9-10H,1,7-8,11-13H2,2H3,(H,17,19). The second-order valence-electron chi connectivity index (χ2n) is 4.53. The van der Waals surface area contributed by atoms with E-state index in [4.69, 9.17) is 0 Å². The molecule has 0 saturated heterocycles. The Morgan fingerprint density at radius 2 is 2.00 bits per heavy atom. The lowest BCUT2D eigenvalue weighted by Crippen LogP contribution is -2.32. The van der Waals surface area contributed by atoms with E-state index in [1.165, 1.54) is 7.11 Å². The third-order valence-corrected chi connectivity index (χ3v) is 2.96. The highest BCUT2D eigenvalue weighted by Crippen LogP contribution is 2.00. The lowest BCUT2D eigenvalue weighted by Gasteiger charge is -2.19. The van der Waals surface area contributed by atoms with E-state index in [2.05, 4.69) is 16.6 Å². The molecule has 2 amide bonds. The summed E-state index contributed by atoms with van der Waals surface area (Å²) in [5, 5.41) is 2.85. The van der Waals surface area contributed by atoms with Gasteiger partial charge in [0.05, 0.1) is 7.11 Å². The van der Waals surface area contributed by atoms with Crippen molar-refractivity contribution < 1.29 is 14.3 Å². The molecular formula is C16H22N2O3. The van der Waals surface area contributed by atoms with E-state index in [1.54, 1.807) is 23.1 Å². The summed E-state index contributed by atoms with van der Waals surface area (Å²) in [6.07, 6.45) is 2.89. The summed E-state index contributed by atoms with van der Waals surface area (Å²) >= 11 is 0. The van der Waals surface area contributed by atoms with E-state index in [0.717, 1.165) is 12.8 Å². The highest BCUT2D eigenvalue weighted by atomic mass is 16.5. The van der Waals surface area contributed by atoms with E-state index in [1.807, 2.05) is 18.2 Å². The summed E-state index contributed by atoms with van der Waals surface area (Å²) in [5.74, 6) is -0.0773. The first-order valence-corrected chi connectivity index (χ1v) is 6.96. The molecule has 0 heterocycles. The number of hydrogen-bond acceptors (Lipinski definition) is 3. The molecule has 5 nitrogen and oxygen atoms in total. The lowest BCUT2D eigenvalue weighted by molar-refractivity contribution is 0.0951. The Bertz CT molecular complexity index is 460. The van der Waals surface area contributed by atoms with Crippen LogP contribution >= 0.6 is 0 Å². The first kappa shape index (κ1) is 16.8. The van der Waals surface area contributed by atoms with Gasteiger partial charge in [0, 0.05) is 25.2 Å². The molecule has 5 heteroatoms. The van der Waals surface area contributed by atoms with Crippen LogP contribution in [0.4, 0.5) is 4.79 Å². The molecule has 0 bridgehead atoms. The van der Waals surface area contributed by atoms with E-state index in [0.29, 0.717) is 25.2 Å². The van der Waals surface area contributed by atoms with E-state index < -0.39 is 0 Å². The summed E-state index contributed by atoms with van der Waals surface area (Å²) in [6, 6.07) is 9.09. The molecule has 0 aliphatic heterocycles. The molecule has 0 atom stereocenters. The number of methoxy groups -OCH3 is 1. The molecule has 0 radical (unpaired) electrons. The van der Waals surface area contributed by atoms with Crippen molar-refractivity contribution in [1.82, 2.24) is 10.2 Å². The van der Waals surface area contributed by atoms with Gasteiger partial charge in [-0.05, 0) is 25.0 Å². The first-order valence-electron chi connectivity index (χ1n) is 6.96. The monoisotopic (exact) mass is 290 g/mol. The summed E-state index contributed by atoms with van der Waals surface area (Å²) < 4.78 is 4.69. The van der Waals surface area contributed by atoms with Crippen LogP contribution in [-0.2, 0) is 4.74 Å². The highest BCUT2D eigenvalue weighted by molar-refractivity contribution is 5.94. The number of ether oxygens (including phenoxy) is 1. The van der Waals surface area contributed by atoms with Gasteiger partial charge in [-0.25, -0.2) is 4.79 Å². The van der Waals surface area contributed by atoms with Gasteiger partial charge in [-0.15, -0.1) is 6.58 Å². The smallest absolute Gasteiger partial charge is 0.409 e. The third kappa shape index (κ3) is 6.12. The SMILES string of the molecule is C=CCN(CCCCNC(=O)c1ccccc1)C(=O)OC. The van der Waals surface area contributed by atoms with Gasteiger partial charge in [0.25, 0.3) is 5.91 Å². The fraction of sp³-hybridized carbons (Fsp3) is 0.375. The molecule has 1 rings (SSSR count). The van der Waals surface area contributed by atoms with Crippen molar-refractivity contribution in [3.8, 4) is 0 Å². The largest absolute Gasteiger partial charge is 0.453 e. The second-order valence-corrected chi connectivity index (χ2v) is 4.53. The van der Waals surface area contributed by atoms with E-state index in [9.17, 15) is 9.59 Å². The zero-order chi connectivity index (χ0) is 15.5. The minimum atomic E-state index is -0.358. The zero-order valence-electron chi connectivity index (χ0n) is 12.4. The predicted octanol–water partition coefficient (Wildman–Crippen LogP) is 2.45. The predicted molar refractivity (Wildman–Crippen MR) is 82.2 cm³/mol. The molecule has 0 spiro atoms. The van der Waals surface area contributed by atoms with Crippen LogP contribution in [0, 0.1) is 0 Å². The van der Waals surface area contributed by atoms with Gasteiger partial charge in [-0.2, -0.15) is 0 Å². The van der Waals surface area contributed by atoms with Gasteiger partial charge >= 0.3 is 6.09 Å². The Balaban J connectivity index is 2.23. The minimum Gasteiger partial charge on any atom is -0.453 e. The van der Waals surface area contributed by atoms with Gasteiger partial charge < -0.3 is 15.0 Å².